The smallest absolute Gasteiger partial charge is 0.303 e. The van der Waals surface area contributed by atoms with Gasteiger partial charge in [0.25, 0.3) is 0 Å². The summed E-state index contributed by atoms with van der Waals surface area (Å²) in [5, 5.41) is 11.5. The number of carboxylic acid groups (broad SMARTS) is 1. The van der Waals surface area contributed by atoms with Gasteiger partial charge >= 0.3 is 5.97 Å². The number of hydrogen-bond donors (Lipinski definition) is 1. The summed E-state index contributed by atoms with van der Waals surface area (Å²) in [7, 11) is 2.05. The molecule has 5 heteroatoms. The van der Waals surface area contributed by atoms with Crippen molar-refractivity contribution >= 4 is 22.4 Å². The highest BCUT2D eigenvalue weighted by Crippen LogP contribution is 2.31. The van der Waals surface area contributed by atoms with Crippen LogP contribution in [-0.4, -0.2) is 29.7 Å². The lowest BCUT2D eigenvalue weighted by Gasteiger charge is -2.14. The first-order valence-corrected chi connectivity index (χ1v) is 6.40. The topological polar surface area (TPSA) is 53.4 Å². The summed E-state index contributed by atoms with van der Waals surface area (Å²) in [5.41, 5.74) is 0.894. The van der Waals surface area contributed by atoms with Gasteiger partial charge in [-0.3, -0.25) is 4.79 Å². The molecule has 1 N–H and O–H groups in total. The average Bonchev–Trinajstić information content (AvgIpc) is 2.92. The van der Waals surface area contributed by atoms with Crippen molar-refractivity contribution in [2.75, 3.05) is 18.5 Å². The van der Waals surface area contributed by atoms with Crippen molar-refractivity contribution in [3.05, 3.63) is 11.1 Å². The number of hydrogen-bond acceptors (Lipinski definition) is 4. The van der Waals surface area contributed by atoms with Gasteiger partial charge in [0.2, 0.25) is 0 Å². The van der Waals surface area contributed by atoms with Crippen LogP contribution in [0.4, 0.5) is 5.13 Å². The fourth-order valence-corrected chi connectivity index (χ4v) is 2.42. The monoisotopic (exact) mass is 240 g/mol. The number of aryl methyl sites for hydroxylation is 1. The third kappa shape index (κ3) is 3.20. The van der Waals surface area contributed by atoms with Gasteiger partial charge in [-0.1, -0.05) is 0 Å². The van der Waals surface area contributed by atoms with Gasteiger partial charge in [-0.25, -0.2) is 4.98 Å². The van der Waals surface area contributed by atoms with E-state index in [9.17, 15) is 4.79 Å². The molecule has 0 aromatic carbocycles. The zero-order chi connectivity index (χ0) is 11.5. The zero-order valence-corrected chi connectivity index (χ0v) is 10.2. The van der Waals surface area contributed by atoms with Gasteiger partial charge < -0.3 is 10.0 Å². The van der Waals surface area contributed by atoms with Crippen molar-refractivity contribution in [1.29, 1.82) is 0 Å². The number of carbonyl (C=O) groups is 1. The molecule has 0 radical (unpaired) electrons. The quantitative estimate of drug-likeness (QED) is 0.826. The standard InChI is InChI=1S/C11H16N2O2S/c1-13(6-8-2-3-8)11-12-9(7-16-11)4-5-10(14)15/h7-8H,2-6H2,1H3,(H,14,15). The zero-order valence-electron chi connectivity index (χ0n) is 9.35. The van der Waals surface area contributed by atoms with Crippen molar-refractivity contribution in [1.82, 2.24) is 4.98 Å². The maximum atomic E-state index is 10.4. The summed E-state index contributed by atoms with van der Waals surface area (Å²) in [6.07, 6.45) is 3.36. The minimum atomic E-state index is -0.763. The van der Waals surface area contributed by atoms with Crippen LogP contribution in [-0.2, 0) is 11.2 Å². The number of aliphatic carboxylic acids is 1. The Hall–Kier alpha value is -1.10. The van der Waals surface area contributed by atoms with Crippen molar-refractivity contribution in [2.24, 2.45) is 5.92 Å². The van der Waals surface area contributed by atoms with E-state index in [0.29, 0.717) is 6.42 Å². The minimum Gasteiger partial charge on any atom is -0.481 e. The van der Waals surface area contributed by atoms with Crippen molar-refractivity contribution in [3.8, 4) is 0 Å². The van der Waals surface area contributed by atoms with E-state index in [1.165, 1.54) is 12.8 Å². The molecule has 4 nitrogen and oxygen atoms in total. The molecule has 0 aliphatic heterocycles. The number of thiazole rings is 1. The molecule has 1 aromatic heterocycles. The Bertz CT molecular complexity index is 374. The first-order valence-electron chi connectivity index (χ1n) is 5.52. The molecule has 16 heavy (non-hydrogen) atoms. The predicted molar refractivity (Wildman–Crippen MR) is 64.1 cm³/mol. The second-order valence-electron chi connectivity index (χ2n) is 4.34. The molecule has 0 saturated heterocycles. The second-order valence-corrected chi connectivity index (χ2v) is 5.18. The van der Waals surface area contributed by atoms with E-state index in [0.717, 1.165) is 23.3 Å². The molecule has 1 aliphatic carbocycles. The van der Waals surface area contributed by atoms with Crippen LogP contribution in [0.2, 0.25) is 0 Å². The fourth-order valence-electron chi connectivity index (χ4n) is 1.59. The van der Waals surface area contributed by atoms with Crippen LogP contribution < -0.4 is 4.90 Å². The van der Waals surface area contributed by atoms with Crippen molar-refractivity contribution in [2.45, 2.75) is 25.7 Å². The van der Waals surface area contributed by atoms with Gasteiger partial charge in [-0.15, -0.1) is 11.3 Å². The molecule has 1 aromatic rings. The number of nitrogens with zero attached hydrogens (tertiary/aromatic N) is 2. The molecule has 0 amide bonds. The molecule has 0 unspecified atom stereocenters. The maximum Gasteiger partial charge on any atom is 0.303 e. The normalized spacial score (nSPS) is 15.1. The third-order valence-electron chi connectivity index (χ3n) is 2.69. The van der Waals surface area contributed by atoms with E-state index < -0.39 is 5.97 Å². The third-order valence-corrected chi connectivity index (χ3v) is 3.69. The summed E-state index contributed by atoms with van der Waals surface area (Å²) in [6.45, 7) is 1.08. The summed E-state index contributed by atoms with van der Waals surface area (Å²) >= 11 is 1.60. The SMILES string of the molecule is CN(CC1CC1)c1nc(CCC(=O)O)cs1. The average molecular weight is 240 g/mol. The molecule has 0 bridgehead atoms. The molecule has 0 spiro atoms. The van der Waals surface area contributed by atoms with Crippen LogP contribution in [0, 0.1) is 5.92 Å². The molecule has 0 atom stereocenters. The largest absolute Gasteiger partial charge is 0.481 e. The van der Waals surface area contributed by atoms with Gasteiger partial charge in [-0.05, 0) is 18.8 Å². The Morgan fingerprint density at radius 1 is 1.69 bits per heavy atom. The highest BCUT2D eigenvalue weighted by molar-refractivity contribution is 7.13. The molecule has 1 saturated carbocycles. The molecule has 88 valence electrons. The van der Waals surface area contributed by atoms with Gasteiger partial charge in [0, 0.05) is 25.4 Å². The lowest BCUT2D eigenvalue weighted by Crippen LogP contribution is -2.19. The van der Waals surface area contributed by atoms with E-state index >= 15 is 0 Å². The maximum absolute atomic E-state index is 10.4. The summed E-state index contributed by atoms with van der Waals surface area (Å²) in [6, 6.07) is 0. The predicted octanol–water partition coefficient (Wildman–Crippen LogP) is 2.01. The van der Waals surface area contributed by atoms with E-state index in [4.69, 9.17) is 5.11 Å². The van der Waals surface area contributed by atoms with Crippen LogP contribution >= 0.6 is 11.3 Å². The molecular formula is C11H16N2O2S. The molecule has 1 aliphatic rings. The number of rotatable bonds is 6. The summed E-state index contributed by atoms with van der Waals surface area (Å²) < 4.78 is 0. The highest BCUT2D eigenvalue weighted by atomic mass is 32.1. The molecule has 1 fully saturated rings. The minimum absolute atomic E-state index is 0.162. The van der Waals surface area contributed by atoms with Crippen LogP contribution in [0.1, 0.15) is 25.0 Å². The van der Waals surface area contributed by atoms with Crippen molar-refractivity contribution in [3.63, 3.8) is 0 Å². The first kappa shape index (κ1) is 11.4. The second kappa shape index (κ2) is 4.82. The van der Waals surface area contributed by atoms with Crippen LogP contribution in [0.3, 0.4) is 0 Å². The molecular weight excluding hydrogens is 224 g/mol. The fraction of sp³-hybridized carbons (Fsp3) is 0.636. The Labute approximate surface area is 98.9 Å². The lowest BCUT2D eigenvalue weighted by atomic mass is 10.2. The van der Waals surface area contributed by atoms with E-state index in [1.807, 2.05) is 5.38 Å². The van der Waals surface area contributed by atoms with Crippen LogP contribution in [0.15, 0.2) is 5.38 Å². The summed E-state index contributed by atoms with van der Waals surface area (Å²) in [5.74, 6) is 0.0808. The van der Waals surface area contributed by atoms with E-state index in [-0.39, 0.29) is 6.42 Å². The Morgan fingerprint density at radius 3 is 3.06 bits per heavy atom. The van der Waals surface area contributed by atoms with Gasteiger partial charge in [-0.2, -0.15) is 0 Å². The van der Waals surface area contributed by atoms with E-state index in [1.54, 1.807) is 11.3 Å². The van der Waals surface area contributed by atoms with Crippen LogP contribution in [0.25, 0.3) is 0 Å². The van der Waals surface area contributed by atoms with Gasteiger partial charge in [0.1, 0.15) is 0 Å². The first-order chi connectivity index (χ1) is 7.65. The van der Waals surface area contributed by atoms with Crippen LogP contribution in [0.5, 0.6) is 0 Å². The molecule has 1 heterocycles. The summed E-state index contributed by atoms with van der Waals surface area (Å²) in [4.78, 5) is 17.0. The number of anilines is 1. The van der Waals surface area contributed by atoms with Crippen molar-refractivity contribution < 1.29 is 9.90 Å². The Morgan fingerprint density at radius 2 is 2.44 bits per heavy atom. The van der Waals surface area contributed by atoms with Gasteiger partial charge in [0.05, 0.1) is 12.1 Å². The van der Waals surface area contributed by atoms with E-state index in [2.05, 4.69) is 16.9 Å². The lowest BCUT2D eigenvalue weighted by molar-refractivity contribution is -0.136. The van der Waals surface area contributed by atoms with Gasteiger partial charge in [0.15, 0.2) is 5.13 Å². The number of aromatic nitrogens is 1. The highest BCUT2D eigenvalue weighted by Gasteiger charge is 2.23. The number of carboxylic acids is 1. The Balaban J connectivity index is 1.87. The Kier molecular flexibility index (Phi) is 3.43. The molecule has 2 rings (SSSR count).